The molecule has 0 fully saturated rings. The molecule has 3 rings (SSSR count). The molecule has 0 bridgehead atoms. The van der Waals surface area contributed by atoms with Crippen LogP contribution in [0.5, 0.6) is 0 Å². The summed E-state index contributed by atoms with van der Waals surface area (Å²) in [6.45, 7) is 1.71. The normalized spacial score (nSPS) is 10.6. The van der Waals surface area contributed by atoms with E-state index in [1.165, 1.54) is 12.1 Å². The lowest BCUT2D eigenvalue weighted by Crippen LogP contribution is -1.88. The van der Waals surface area contributed by atoms with Crippen molar-refractivity contribution in [3.63, 3.8) is 0 Å². The first-order chi connectivity index (χ1) is 10.1. The van der Waals surface area contributed by atoms with Gasteiger partial charge in [0.05, 0.1) is 0 Å². The summed E-state index contributed by atoms with van der Waals surface area (Å²) in [7, 11) is 0. The van der Waals surface area contributed by atoms with Crippen LogP contribution in [0.1, 0.15) is 5.56 Å². The van der Waals surface area contributed by atoms with Gasteiger partial charge in [0.2, 0.25) is 0 Å². The maximum Gasteiger partial charge on any atom is 0.131 e. The topological polar surface area (TPSA) is 0 Å². The Bertz CT molecular complexity index is 777. The van der Waals surface area contributed by atoms with Gasteiger partial charge in [-0.1, -0.05) is 54.6 Å². The van der Waals surface area contributed by atoms with E-state index in [9.17, 15) is 8.78 Å². The van der Waals surface area contributed by atoms with Crippen LogP contribution in [0.25, 0.3) is 22.3 Å². The van der Waals surface area contributed by atoms with Crippen LogP contribution in [0.15, 0.2) is 66.7 Å². The predicted octanol–water partition coefficient (Wildman–Crippen LogP) is 5.61. The second-order valence-electron chi connectivity index (χ2n) is 5.02. The minimum absolute atomic E-state index is 0.278. The zero-order valence-electron chi connectivity index (χ0n) is 11.6. The summed E-state index contributed by atoms with van der Waals surface area (Å²) in [4.78, 5) is 0. The van der Waals surface area contributed by atoms with Crippen LogP contribution in [-0.4, -0.2) is 0 Å². The minimum Gasteiger partial charge on any atom is -0.207 e. The number of hydrogen-bond donors (Lipinski definition) is 0. The van der Waals surface area contributed by atoms with Gasteiger partial charge in [-0.2, -0.15) is 0 Å². The Morgan fingerprint density at radius 1 is 0.619 bits per heavy atom. The van der Waals surface area contributed by atoms with Crippen molar-refractivity contribution < 1.29 is 8.78 Å². The van der Waals surface area contributed by atoms with Gasteiger partial charge in [0.1, 0.15) is 11.6 Å². The van der Waals surface area contributed by atoms with Crippen LogP contribution in [0.2, 0.25) is 0 Å². The van der Waals surface area contributed by atoms with E-state index >= 15 is 0 Å². The average molecular weight is 280 g/mol. The van der Waals surface area contributed by atoms with Crippen LogP contribution >= 0.6 is 0 Å². The van der Waals surface area contributed by atoms with Crippen molar-refractivity contribution in [3.05, 3.63) is 83.9 Å². The first-order valence-electron chi connectivity index (χ1n) is 6.76. The number of benzene rings is 3. The molecule has 104 valence electrons. The molecule has 2 heteroatoms. The van der Waals surface area contributed by atoms with Crippen molar-refractivity contribution >= 4 is 0 Å². The fourth-order valence-electron chi connectivity index (χ4n) is 2.32. The third kappa shape index (κ3) is 2.70. The Morgan fingerprint density at radius 2 is 1.24 bits per heavy atom. The molecule has 0 spiro atoms. The molecule has 0 aliphatic rings. The maximum atomic E-state index is 14.3. The maximum absolute atomic E-state index is 14.3. The van der Waals surface area contributed by atoms with E-state index in [2.05, 4.69) is 0 Å². The van der Waals surface area contributed by atoms with E-state index in [1.807, 2.05) is 36.4 Å². The van der Waals surface area contributed by atoms with Crippen molar-refractivity contribution in [3.8, 4) is 22.3 Å². The Hall–Kier alpha value is -2.48. The SMILES string of the molecule is Cc1ccc(-c2ccc(-c3ccccc3)c(F)c2)cc1F. The molecule has 0 aliphatic heterocycles. The molecule has 0 saturated carbocycles. The Balaban J connectivity index is 2.03. The highest BCUT2D eigenvalue weighted by Crippen LogP contribution is 2.28. The van der Waals surface area contributed by atoms with Gasteiger partial charge in [0.25, 0.3) is 0 Å². The van der Waals surface area contributed by atoms with E-state index in [-0.39, 0.29) is 11.6 Å². The lowest BCUT2D eigenvalue weighted by Gasteiger charge is -2.08. The molecule has 0 amide bonds. The van der Waals surface area contributed by atoms with E-state index in [4.69, 9.17) is 0 Å². The molecule has 21 heavy (non-hydrogen) atoms. The fraction of sp³-hybridized carbons (Fsp3) is 0.0526. The van der Waals surface area contributed by atoms with Gasteiger partial charge in [0.15, 0.2) is 0 Å². The van der Waals surface area contributed by atoms with E-state index < -0.39 is 0 Å². The second-order valence-corrected chi connectivity index (χ2v) is 5.02. The third-order valence-electron chi connectivity index (χ3n) is 3.56. The summed E-state index contributed by atoms with van der Waals surface area (Å²) in [5, 5.41) is 0. The molecular formula is C19H14F2. The fourth-order valence-corrected chi connectivity index (χ4v) is 2.32. The number of halogens is 2. The molecule has 0 aliphatic carbocycles. The lowest BCUT2D eigenvalue weighted by molar-refractivity contribution is 0.618. The van der Waals surface area contributed by atoms with Crippen LogP contribution in [0.4, 0.5) is 8.78 Å². The Kier molecular flexibility index (Phi) is 3.53. The zero-order valence-corrected chi connectivity index (χ0v) is 11.6. The monoisotopic (exact) mass is 280 g/mol. The molecule has 0 radical (unpaired) electrons. The van der Waals surface area contributed by atoms with Crippen LogP contribution in [0.3, 0.4) is 0 Å². The van der Waals surface area contributed by atoms with E-state index in [1.54, 1.807) is 25.1 Å². The number of hydrogen-bond acceptors (Lipinski definition) is 0. The molecule has 0 atom stereocenters. The number of aryl methyl sites for hydroxylation is 1. The molecule has 0 heterocycles. The van der Waals surface area contributed by atoms with E-state index in [0.717, 1.165) is 5.56 Å². The summed E-state index contributed by atoms with van der Waals surface area (Å²) < 4.78 is 27.9. The Labute approximate surface area is 122 Å². The summed E-state index contributed by atoms with van der Waals surface area (Å²) >= 11 is 0. The highest BCUT2D eigenvalue weighted by atomic mass is 19.1. The highest BCUT2D eigenvalue weighted by Gasteiger charge is 2.08. The molecule has 3 aromatic carbocycles. The molecule has 0 unspecified atom stereocenters. The van der Waals surface area contributed by atoms with Gasteiger partial charge in [-0.15, -0.1) is 0 Å². The van der Waals surface area contributed by atoms with Crippen molar-refractivity contribution in [2.45, 2.75) is 6.92 Å². The standard InChI is InChI=1S/C19H14F2/c1-13-7-8-15(11-18(13)20)16-9-10-17(19(21)12-16)14-5-3-2-4-6-14/h2-12H,1H3. The largest absolute Gasteiger partial charge is 0.207 e. The van der Waals surface area contributed by atoms with E-state index in [0.29, 0.717) is 22.3 Å². The van der Waals surface area contributed by atoms with Gasteiger partial charge >= 0.3 is 0 Å². The highest BCUT2D eigenvalue weighted by molar-refractivity contribution is 5.71. The summed E-state index contributed by atoms with van der Waals surface area (Å²) in [6, 6.07) is 19.3. The van der Waals surface area contributed by atoms with Gasteiger partial charge < -0.3 is 0 Å². The third-order valence-corrected chi connectivity index (χ3v) is 3.56. The van der Waals surface area contributed by atoms with Crippen molar-refractivity contribution in [1.29, 1.82) is 0 Å². The zero-order chi connectivity index (χ0) is 14.8. The molecule has 0 nitrogen and oxygen atoms in total. The molecule has 3 aromatic rings. The summed E-state index contributed by atoms with van der Waals surface area (Å²) in [5.74, 6) is -0.584. The van der Waals surface area contributed by atoms with Crippen LogP contribution < -0.4 is 0 Å². The first-order valence-corrected chi connectivity index (χ1v) is 6.76. The first kappa shape index (κ1) is 13.5. The summed E-state index contributed by atoms with van der Waals surface area (Å²) in [6.07, 6.45) is 0. The summed E-state index contributed by atoms with van der Waals surface area (Å²) in [5.41, 5.74) is 3.31. The van der Waals surface area contributed by atoms with Crippen molar-refractivity contribution in [2.24, 2.45) is 0 Å². The number of rotatable bonds is 2. The van der Waals surface area contributed by atoms with Crippen molar-refractivity contribution in [1.82, 2.24) is 0 Å². The second kappa shape index (κ2) is 5.49. The average Bonchev–Trinajstić information content (AvgIpc) is 2.51. The molecule has 0 N–H and O–H groups in total. The predicted molar refractivity (Wildman–Crippen MR) is 82.0 cm³/mol. The molecule has 0 aromatic heterocycles. The van der Waals surface area contributed by atoms with Gasteiger partial charge in [-0.05, 0) is 41.3 Å². The van der Waals surface area contributed by atoms with Gasteiger partial charge in [-0.3, -0.25) is 0 Å². The Morgan fingerprint density at radius 3 is 1.86 bits per heavy atom. The van der Waals surface area contributed by atoms with Crippen LogP contribution in [-0.2, 0) is 0 Å². The lowest BCUT2D eigenvalue weighted by atomic mass is 9.99. The minimum atomic E-state index is -0.306. The van der Waals surface area contributed by atoms with Crippen molar-refractivity contribution in [2.75, 3.05) is 0 Å². The molecular weight excluding hydrogens is 266 g/mol. The molecule has 0 saturated heterocycles. The van der Waals surface area contributed by atoms with Gasteiger partial charge in [0, 0.05) is 5.56 Å². The van der Waals surface area contributed by atoms with Crippen LogP contribution in [0, 0.1) is 18.6 Å². The smallest absolute Gasteiger partial charge is 0.131 e. The quantitative estimate of drug-likeness (QED) is 0.572. The van der Waals surface area contributed by atoms with Gasteiger partial charge in [-0.25, -0.2) is 8.78 Å².